The number of hydrogen-bond donors (Lipinski definition) is 0. The second-order valence-corrected chi connectivity index (χ2v) is 17.3. The van der Waals surface area contributed by atoms with Gasteiger partial charge in [0.05, 0.1) is 16.7 Å². The molecule has 0 N–H and O–H groups in total. The highest BCUT2D eigenvalue weighted by Gasteiger charge is 2.19. The van der Waals surface area contributed by atoms with E-state index in [1.165, 1.54) is 55.0 Å². The van der Waals surface area contributed by atoms with Crippen molar-refractivity contribution in [1.29, 1.82) is 0 Å². The SMILES string of the molecule is c1ccc(-c2cccc(-c3ccc(N(c4ccc(-c5ccccc5-n5c6ccccc6c6ccccc65)cc4)c4ccc(-c5cccc6c5oc5c7ccccc7ccc65)cc4)cc3)c2)cc1. The molecule has 11 aromatic carbocycles. The smallest absolute Gasteiger partial charge is 0.143 e. The molecule has 0 aliphatic rings. The number of aromatic nitrogens is 1. The highest BCUT2D eigenvalue weighted by atomic mass is 16.3. The van der Waals surface area contributed by atoms with Gasteiger partial charge in [0.25, 0.3) is 0 Å². The Bertz CT molecular complexity index is 3900. The monoisotopic (exact) mass is 854 g/mol. The lowest BCUT2D eigenvalue weighted by atomic mass is 9.98. The summed E-state index contributed by atoms with van der Waals surface area (Å²) < 4.78 is 9.17. The number of hydrogen-bond acceptors (Lipinski definition) is 2. The minimum atomic E-state index is 0.905. The van der Waals surface area contributed by atoms with E-state index in [2.05, 4.69) is 264 Å². The normalized spacial score (nSPS) is 11.6. The molecule has 2 aromatic heterocycles. The Morgan fingerprint density at radius 2 is 0.746 bits per heavy atom. The van der Waals surface area contributed by atoms with Crippen molar-refractivity contribution in [3.05, 3.63) is 255 Å². The second kappa shape index (κ2) is 16.0. The average Bonchev–Trinajstić information content (AvgIpc) is 3.96. The minimum absolute atomic E-state index is 0.905. The molecule has 13 rings (SSSR count). The Kier molecular flexibility index (Phi) is 9.17. The third kappa shape index (κ3) is 6.59. The molecule has 0 aliphatic carbocycles. The van der Waals surface area contributed by atoms with Crippen molar-refractivity contribution in [2.24, 2.45) is 0 Å². The Balaban J connectivity index is 0.903. The van der Waals surface area contributed by atoms with Crippen molar-refractivity contribution < 1.29 is 4.42 Å². The molecule has 67 heavy (non-hydrogen) atoms. The fraction of sp³-hybridized carbons (Fsp3) is 0. The Hall–Kier alpha value is -8.92. The van der Waals surface area contributed by atoms with E-state index in [9.17, 15) is 0 Å². The van der Waals surface area contributed by atoms with E-state index >= 15 is 0 Å². The summed E-state index contributed by atoms with van der Waals surface area (Å²) in [5, 5.41) is 7.07. The molecule has 0 unspecified atom stereocenters. The van der Waals surface area contributed by atoms with Gasteiger partial charge in [0.15, 0.2) is 0 Å². The predicted molar refractivity (Wildman–Crippen MR) is 282 cm³/mol. The summed E-state index contributed by atoms with van der Waals surface area (Å²) in [7, 11) is 0. The summed E-state index contributed by atoms with van der Waals surface area (Å²) in [6, 6.07) is 91.7. The molecule has 3 heteroatoms. The van der Waals surface area contributed by atoms with E-state index in [1.54, 1.807) is 0 Å². The first kappa shape index (κ1) is 38.5. The summed E-state index contributed by atoms with van der Waals surface area (Å²) in [4.78, 5) is 2.35. The van der Waals surface area contributed by atoms with Crippen LogP contribution in [0, 0.1) is 0 Å². The molecule has 0 spiro atoms. The topological polar surface area (TPSA) is 21.3 Å². The molecule has 0 bridgehead atoms. The molecule has 2 heterocycles. The van der Waals surface area contributed by atoms with Crippen LogP contribution in [0.4, 0.5) is 17.1 Å². The van der Waals surface area contributed by atoms with E-state index in [0.29, 0.717) is 0 Å². The first-order chi connectivity index (χ1) is 33.2. The zero-order chi connectivity index (χ0) is 44.3. The fourth-order valence-electron chi connectivity index (χ4n) is 10.2. The lowest BCUT2D eigenvalue weighted by Gasteiger charge is -2.26. The first-order valence-corrected chi connectivity index (χ1v) is 22.9. The highest BCUT2D eigenvalue weighted by molar-refractivity contribution is 6.17. The molecule has 0 fully saturated rings. The van der Waals surface area contributed by atoms with Crippen LogP contribution in [0.3, 0.4) is 0 Å². The summed E-state index contributed by atoms with van der Waals surface area (Å²) in [6.07, 6.45) is 0. The highest BCUT2D eigenvalue weighted by Crippen LogP contribution is 2.43. The number of furan rings is 1. The zero-order valence-corrected chi connectivity index (χ0v) is 36.6. The van der Waals surface area contributed by atoms with Gasteiger partial charge in [-0.2, -0.15) is 0 Å². The molecule has 0 saturated heterocycles. The van der Waals surface area contributed by atoms with Gasteiger partial charge in [-0.05, 0) is 105 Å². The lowest BCUT2D eigenvalue weighted by molar-refractivity contribution is 0.674. The molecule has 0 saturated carbocycles. The lowest BCUT2D eigenvalue weighted by Crippen LogP contribution is -2.09. The Labute approximate surface area is 388 Å². The molecule has 0 radical (unpaired) electrons. The second-order valence-electron chi connectivity index (χ2n) is 17.3. The third-order valence-corrected chi connectivity index (χ3v) is 13.4. The quantitative estimate of drug-likeness (QED) is 0.152. The van der Waals surface area contributed by atoms with Crippen molar-refractivity contribution in [3.8, 4) is 50.2 Å². The molecule has 3 nitrogen and oxygen atoms in total. The molecule has 0 atom stereocenters. The van der Waals surface area contributed by atoms with Crippen LogP contribution in [0.15, 0.2) is 259 Å². The van der Waals surface area contributed by atoms with E-state index in [4.69, 9.17) is 4.42 Å². The largest absolute Gasteiger partial charge is 0.455 e. The van der Waals surface area contributed by atoms with E-state index in [0.717, 1.165) is 66.8 Å². The molecule has 0 amide bonds. The van der Waals surface area contributed by atoms with E-state index in [1.807, 2.05) is 0 Å². The van der Waals surface area contributed by atoms with Gasteiger partial charge in [-0.1, -0.05) is 188 Å². The molecular formula is C64H42N2O. The van der Waals surface area contributed by atoms with Crippen LogP contribution in [0.5, 0.6) is 0 Å². The number of benzene rings is 11. The van der Waals surface area contributed by atoms with E-state index < -0.39 is 0 Å². The van der Waals surface area contributed by atoms with Crippen LogP contribution in [-0.4, -0.2) is 4.57 Å². The third-order valence-electron chi connectivity index (χ3n) is 13.4. The van der Waals surface area contributed by atoms with Crippen molar-refractivity contribution >= 4 is 71.6 Å². The summed E-state index contributed by atoms with van der Waals surface area (Å²) in [5.41, 5.74) is 17.8. The van der Waals surface area contributed by atoms with Crippen molar-refractivity contribution in [2.75, 3.05) is 4.90 Å². The zero-order valence-electron chi connectivity index (χ0n) is 36.6. The van der Waals surface area contributed by atoms with Crippen LogP contribution in [0.1, 0.15) is 0 Å². The number of para-hydroxylation sites is 4. The number of rotatable bonds is 8. The van der Waals surface area contributed by atoms with Crippen LogP contribution >= 0.6 is 0 Å². The van der Waals surface area contributed by atoms with Gasteiger partial charge in [0.1, 0.15) is 11.2 Å². The fourth-order valence-corrected chi connectivity index (χ4v) is 10.2. The maximum Gasteiger partial charge on any atom is 0.143 e. The average molecular weight is 855 g/mol. The van der Waals surface area contributed by atoms with E-state index in [-0.39, 0.29) is 0 Å². The van der Waals surface area contributed by atoms with Crippen molar-refractivity contribution in [1.82, 2.24) is 4.57 Å². The van der Waals surface area contributed by atoms with Gasteiger partial charge in [-0.25, -0.2) is 0 Å². The Morgan fingerprint density at radius 1 is 0.284 bits per heavy atom. The number of anilines is 3. The number of fused-ring (bicyclic) bond motifs is 8. The molecule has 0 aliphatic heterocycles. The van der Waals surface area contributed by atoms with Gasteiger partial charge in [0.2, 0.25) is 0 Å². The molecule has 13 aromatic rings. The maximum absolute atomic E-state index is 6.76. The van der Waals surface area contributed by atoms with Gasteiger partial charge in [-0.3, -0.25) is 0 Å². The predicted octanol–water partition coefficient (Wildman–Crippen LogP) is 18.0. The van der Waals surface area contributed by atoms with Crippen LogP contribution in [0.25, 0.3) is 105 Å². The van der Waals surface area contributed by atoms with Gasteiger partial charge in [0, 0.05) is 55.1 Å². The summed E-state index contributed by atoms with van der Waals surface area (Å²) >= 11 is 0. The maximum atomic E-state index is 6.76. The van der Waals surface area contributed by atoms with Gasteiger partial charge < -0.3 is 13.9 Å². The van der Waals surface area contributed by atoms with Crippen LogP contribution in [0.2, 0.25) is 0 Å². The van der Waals surface area contributed by atoms with Crippen molar-refractivity contribution in [3.63, 3.8) is 0 Å². The summed E-state index contributed by atoms with van der Waals surface area (Å²) in [5.74, 6) is 0. The number of nitrogens with zero attached hydrogens (tertiary/aromatic N) is 2. The standard InChI is InChI=1S/C64H42N2O/c1-2-14-43(15-3-1)48-17-12-18-49(42-48)44-28-35-50(36-29-44)65(52-39-32-47(33-40-52)55-23-13-24-58-59-41-34-45-16-4-5-20-54(45)64(59)67-63(55)58)51-37-30-46(31-38-51)53-19-6-9-25-60(53)66-61-26-10-7-21-56(61)57-22-8-11-27-62(57)66/h1-42H. The summed E-state index contributed by atoms with van der Waals surface area (Å²) in [6.45, 7) is 0. The van der Waals surface area contributed by atoms with Crippen LogP contribution in [-0.2, 0) is 0 Å². The molecular weight excluding hydrogens is 813 g/mol. The first-order valence-electron chi connectivity index (χ1n) is 22.9. The van der Waals surface area contributed by atoms with Crippen molar-refractivity contribution in [2.45, 2.75) is 0 Å². The van der Waals surface area contributed by atoms with Gasteiger partial charge in [-0.15, -0.1) is 0 Å². The van der Waals surface area contributed by atoms with Crippen LogP contribution < -0.4 is 4.90 Å². The Morgan fingerprint density at radius 3 is 1.42 bits per heavy atom. The minimum Gasteiger partial charge on any atom is -0.455 e. The molecule has 314 valence electrons. The van der Waals surface area contributed by atoms with Gasteiger partial charge >= 0.3 is 0 Å².